The number of carbonyl (C=O) groups is 1. The first-order chi connectivity index (χ1) is 22.6. The van der Waals surface area contributed by atoms with Crippen molar-refractivity contribution < 1.29 is 19.4 Å². The van der Waals surface area contributed by atoms with Crippen LogP contribution in [0.15, 0.2) is 143 Å². The molecule has 6 nitrogen and oxygen atoms in total. The lowest BCUT2D eigenvalue weighted by atomic mass is 9.81. The minimum Gasteiger partial charge on any atom is -0.494 e. The van der Waals surface area contributed by atoms with E-state index in [0.29, 0.717) is 37.6 Å². The van der Waals surface area contributed by atoms with Crippen molar-refractivity contribution in [1.82, 2.24) is 5.32 Å². The summed E-state index contributed by atoms with van der Waals surface area (Å²) in [5, 5.41) is 12.3. The normalized spacial score (nSPS) is 17.2. The maximum absolute atomic E-state index is 14.6. The molecule has 0 bridgehead atoms. The summed E-state index contributed by atoms with van der Waals surface area (Å²) in [4.78, 5) is 19.7. The molecule has 0 aliphatic carbocycles. The third kappa shape index (κ3) is 7.06. The lowest BCUT2D eigenvalue weighted by Crippen LogP contribution is -2.49. The SMILES string of the molecule is O=C(NCc1ccccc1)[C@]1(Cc2ccccc2Br)N=C(c2ccc(OCCCO)cc2)O[C@@H]1c1ccc(-c2ccccc2)cc1. The number of nitrogens with one attached hydrogen (secondary N) is 1. The molecule has 2 atom stereocenters. The van der Waals surface area contributed by atoms with Crippen LogP contribution in [0.5, 0.6) is 5.75 Å². The van der Waals surface area contributed by atoms with Gasteiger partial charge in [0.05, 0.1) is 6.61 Å². The van der Waals surface area contributed by atoms with E-state index in [1.54, 1.807) is 0 Å². The number of hydrogen-bond donors (Lipinski definition) is 2. The molecule has 0 unspecified atom stereocenters. The van der Waals surface area contributed by atoms with Gasteiger partial charge in [-0.2, -0.15) is 0 Å². The number of amides is 1. The number of rotatable bonds is 12. The number of hydrogen-bond acceptors (Lipinski definition) is 5. The summed E-state index contributed by atoms with van der Waals surface area (Å²) in [6, 6.07) is 43.6. The van der Waals surface area contributed by atoms with E-state index in [4.69, 9.17) is 19.6 Å². The molecule has 0 spiro atoms. The van der Waals surface area contributed by atoms with Crippen LogP contribution in [-0.2, 0) is 22.5 Å². The fourth-order valence-electron chi connectivity index (χ4n) is 5.63. The standard InChI is InChI=1S/C39H35BrN2O4/c40-35-15-8-7-14-33(35)26-39(38(44)41-27-28-10-3-1-4-11-28)36(31-18-16-30(17-19-31)29-12-5-2-6-13-29)46-37(42-39)32-20-22-34(23-21-32)45-25-9-24-43/h1-8,10-23,36,43H,9,24-27H2,(H,41,44)/t36-,39-/m1/s1. The highest BCUT2D eigenvalue weighted by atomic mass is 79.9. The van der Waals surface area contributed by atoms with E-state index in [1.807, 2.05) is 109 Å². The first kappa shape index (κ1) is 31.3. The van der Waals surface area contributed by atoms with E-state index in [2.05, 4.69) is 45.5 Å². The summed E-state index contributed by atoms with van der Waals surface area (Å²) in [5.41, 5.74) is 4.41. The molecule has 0 radical (unpaired) electrons. The summed E-state index contributed by atoms with van der Waals surface area (Å²) in [7, 11) is 0. The fraction of sp³-hybridized carbons (Fsp3) is 0.179. The van der Waals surface area contributed by atoms with Gasteiger partial charge in [-0.05, 0) is 58.1 Å². The lowest BCUT2D eigenvalue weighted by Gasteiger charge is -2.31. The van der Waals surface area contributed by atoms with Gasteiger partial charge in [-0.25, -0.2) is 4.99 Å². The van der Waals surface area contributed by atoms with E-state index in [0.717, 1.165) is 37.9 Å². The van der Waals surface area contributed by atoms with Crippen LogP contribution in [-0.4, -0.2) is 35.7 Å². The Morgan fingerprint density at radius 2 is 1.43 bits per heavy atom. The topological polar surface area (TPSA) is 80.2 Å². The van der Waals surface area contributed by atoms with Crippen molar-refractivity contribution in [3.8, 4) is 16.9 Å². The minimum absolute atomic E-state index is 0.0718. The predicted molar refractivity (Wildman–Crippen MR) is 185 cm³/mol. The zero-order valence-corrected chi connectivity index (χ0v) is 26.9. The van der Waals surface area contributed by atoms with Crippen molar-refractivity contribution in [3.05, 3.63) is 160 Å². The van der Waals surface area contributed by atoms with Crippen LogP contribution in [0, 0.1) is 0 Å². The van der Waals surface area contributed by atoms with Gasteiger partial charge in [-0.15, -0.1) is 0 Å². The maximum Gasteiger partial charge on any atom is 0.252 e. The number of nitrogens with zero attached hydrogens (tertiary/aromatic N) is 1. The Hall–Kier alpha value is -4.72. The van der Waals surface area contributed by atoms with Gasteiger partial charge in [0.1, 0.15) is 5.75 Å². The molecule has 0 fully saturated rings. The first-order valence-electron chi connectivity index (χ1n) is 15.4. The number of ether oxygens (including phenoxy) is 2. The van der Waals surface area contributed by atoms with Crippen molar-refractivity contribution in [1.29, 1.82) is 0 Å². The summed E-state index contributed by atoms with van der Waals surface area (Å²) in [6.45, 7) is 0.856. The van der Waals surface area contributed by atoms with E-state index in [1.165, 1.54) is 0 Å². The first-order valence-corrected chi connectivity index (χ1v) is 16.2. The van der Waals surface area contributed by atoms with Gasteiger partial charge in [0.2, 0.25) is 5.90 Å². The zero-order valence-electron chi connectivity index (χ0n) is 25.3. The van der Waals surface area contributed by atoms with Crippen molar-refractivity contribution >= 4 is 27.7 Å². The van der Waals surface area contributed by atoms with Crippen molar-refractivity contribution in [2.45, 2.75) is 31.0 Å². The van der Waals surface area contributed by atoms with E-state index >= 15 is 0 Å². The monoisotopic (exact) mass is 674 g/mol. The molecule has 0 saturated carbocycles. The number of aliphatic hydroxyl groups excluding tert-OH is 1. The molecule has 7 heteroatoms. The van der Waals surface area contributed by atoms with Crippen molar-refractivity contribution in [2.24, 2.45) is 4.99 Å². The van der Waals surface area contributed by atoms with Gasteiger partial charge in [0.25, 0.3) is 5.91 Å². The summed E-state index contributed by atoms with van der Waals surface area (Å²) in [5.74, 6) is 0.855. The summed E-state index contributed by atoms with van der Waals surface area (Å²) >= 11 is 3.71. The Kier molecular flexibility index (Phi) is 9.91. The minimum atomic E-state index is -1.31. The Labute approximate surface area is 277 Å². The van der Waals surface area contributed by atoms with Gasteiger partial charge < -0.3 is 19.9 Å². The third-order valence-electron chi connectivity index (χ3n) is 8.06. The molecule has 1 aliphatic heterocycles. The van der Waals surface area contributed by atoms with Gasteiger partial charge in [0, 0.05) is 36.0 Å². The maximum atomic E-state index is 14.6. The Morgan fingerprint density at radius 3 is 2.13 bits per heavy atom. The van der Waals surface area contributed by atoms with Crippen LogP contribution in [0.3, 0.4) is 0 Å². The second kappa shape index (κ2) is 14.6. The average Bonchev–Trinajstić information content (AvgIpc) is 3.50. The number of aliphatic hydroxyl groups is 1. The van der Waals surface area contributed by atoms with Gasteiger partial charge in [-0.3, -0.25) is 4.79 Å². The largest absolute Gasteiger partial charge is 0.494 e. The number of carbonyl (C=O) groups excluding carboxylic acids is 1. The van der Waals surface area contributed by atoms with Crippen LogP contribution in [0.1, 0.15) is 34.8 Å². The zero-order chi connectivity index (χ0) is 31.8. The van der Waals surface area contributed by atoms with Gasteiger partial charge >= 0.3 is 0 Å². The fourth-order valence-corrected chi connectivity index (χ4v) is 6.05. The number of aliphatic imine (C=N–C) groups is 1. The highest BCUT2D eigenvalue weighted by Gasteiger charge is 2.53. The number of benzene rings is 5. The Morgan fingerprint density at radius 1 is 0.804 bits per heavy atom. The molecule has 1 amide bonds. The average molecular weight is 676 g/mol. The molecular formula is C39H35BrN2O4. The van der Waals surface area contributed by atoms with Gasteiger partial charge in [0.15, 0.2) is 11.6 Å². The molecule has 46 heavy (non-hydrogen) atoms. The molecule has 6 rings (SSSR count). The summed E-state index contributed by atoms with van der Waals surface area (Å²) < 4.78 is 13.4. The smallest absolute Gasteiger partial charge is 0.252 e. The molecule has 1 aliphatic rings. The lowest BCUT2D eigenvalue weighted by molar-refractivity contribution is -0.129. The quantitative estimate of drug-likeness (QED) is 0.133. The molecule has 1 heterocycles. The van der Waals surface area contributed by atoms with E-state index in [-0.39, 0.29) is 12.5 Å². The van der Waals surface area contributed by atoms with Crippen LogP contribution in [0.2, 0.25) is 0 Å². The Balaban J connectivity index is 1.41. The second-order valence-electron chi connectivity index (χ2n) is 11.2. The molecular weight excluding hydrogens is 640 g/mol. The van der Waals surface area contributed by atoms with Crippen molar-refractivity contribution in [2.75, 3.05) is 13.2 Å². The van der Waals surface area contributed by atoms with E-state index in [9.17, 15) is 4.79 Å². The summed E-state index contributed by atoms with van der Waals surface area (Å²) in [6.07, 6.45) is 0.167. The van der Waals surface area contributed by atoms with Crippen molar-refractivity contribution in [3.63, 3.8) is 0 Å². The molecule has 232 valence electrons. The van der Waals surface area contributed by atoms with Gasteiger partial charge in [-0.1, -0.05) is 119 Å². The number of halogens is 1. The van der Waals surface area contributed by atoms with Crippen LogP contribution in [0.25, 0.3) is 11.1 Å². The van der Waals surface area contributed by atoms with Crippen LogP contribution < -0.4 is 10.1 Å². The Bertz CT molecular complexity index is 1780. The molecule has 2 N–H and O–H groups in total. The second-order valence-corrected chi connectivity index (χ2v) is 12.1. The van der Waals surface area contributed by atoms with Crippen LogP contribution in [0.4, 0.5) is 0 Å². The molecule has 5 aromatic rings. The highest BCUT2D eigenvalue weighted by Crippen LogP contribution is 2.44. The van der Waals surface area contributed by atoms with Crippen LogP contribution >= 0.6 is 15.9 Å². The third-order valence-corrected chi connectivity index (χ3v) is 8.84. The molecule has 0 saturated heterocycles. The highest BCUT2D eigenvalue weighted by molar-refractivity contribution is 9.10. The molecule has 0 aromatic heterocycles. The molecule has 5 aromatic carbocycles. The van der Waals surface area contributed by atoms with E-state index < -0.39 is 11.6 Å². The predicted octanol–water partition coefficient (Wildman–Crippen LogP) is 7.69.